The zero-order valence-corrected chi connectivity index (χ0v) is 16.7. The molecule has 0 atom stereocenters. The minimum absolute atomic E-state index is 0. The van der Waals surface area contributed by atoms with Gasteiger partial charge in [-0.15, -0.1) is 12.4 Å². The largest absolute Gasteiger partial charge is 0.366 e. The van der Waals surface area contributed by atoms with E-state index in [0.29, 0.717) is 18.7 Å². The van der Waals surface area contributed by atoms with E-state index in [-0.39, 0.29) is 23.8 Å². The Morgan fingerprint density at radius 3 is 2.10 bits per heavy atom. The predicted molar refractivity (Wildman–Crippen MR) is 121 cm³/mol. The molecule has 5 heteroatoms. The van der Waals surface area contributed by atoms with Crippen molar-refractivity contribution in [3.63, 3.8) is 0 Å². The maximum absolute atomic E-state index is 13.2. The van der Waals surface area contributed by atoms with Crippen LogP contribution in [-0.4, -0.2) is 10.4 Å². The summed E-state index contributed by atoms with van der Waals surface area (Å²) < 4.78 is 1.75. The molecule has 1 heterocycles. The highest BCUT2D eigenvalue weighted by Gasteiger charge is 2.13. The van der Waals surface area contributed by atoms with Crippen molar-refractivity contribution in [2.24, 2.45) is 0 Å². The summed E-state index contributed by atoms with van der Waals surface area (Å²) in [5, 5.41) is 12.5. The van der Waals surface area contributed by atoms with E-state index in [2.05, 4.69) is 5.32 Å². The highest BCUT2D eigenvalue weighted by molar-refractivity contribution is 5.99. The third-order valence-corrected chi connectivity index (χ3v) is 4.77. The van der Waals surface area contributed by atoms with Gasteiger partial charge in [0.25, 0.3) is 5.56 Å². The first kappa shape index (κ1) is 20.4. The van der Waals surface area contributed by atoms with E-state index in [1.807, 2.05) is 84.9 Å². The second-order valence-electron chi connectivity index (χ2n) is 6.71. The molecule has 4 rings (SSSR count). The molecule has 0 aliphatic rings. The maximum atomic E-state index is 13.2. The quantitative estimate of drug-likeness (QED) is 0.378. The van der Waals surface area contributed by atoms with Crippen LogP contribution in [0, 0.1) is 5.41 Å². The molecule has 0 unspecified atom stereocenters. The molecule has 0 saturated carbocycles. The Bertz CT molecular complexity index is 1170. The van der Waals surface area contributed by atoms with Crippen LogP contribution < -0.4 is 10.9 Å². The molecular weight excluding hydrogens is 382 g/mol. The number of nitrogens with zero attached hydrogens (tertiary/aromatic N) is 1. The van der Waals surface area contributed by atoms with Crippen molar-refractivity contribution in [2.45, 2.75) is 13.1 Å². The van der Waals surface area contributed by atoms with Gasteiger partial charge in [0.15, 0.2) is 0 Å². The van der Waals surface area contributed by atoms with Gasteiger partial charge in [-0.25, -0.2) is 0 Å². The highest BCUT2D eigenvalue weighted by atomic mass is 35.5. The Morgan fingerprint density at radius 1 is 0.828 bits per heavy atom. The lowest BCUT2D eigenvalue weighted by Gasteiger charge is -2.14. The number of pyridine rings is 1. The second kappa shape index (κ2) is 9.22. The summed E-state index contributed by atoms with van der Waals surface area (Å²) in [5.41, 5.74) is 3.21. The average Bonchev–Trinajstić information content (AvgIpc) is 2.75. The van der Waals surface area contributed by atoms with E-state index in [1.165, 1.54) is 0 Å². The standard InChI is InChI=1S/C24H21N3O.ClH/c25-23(26-16-18-9-3-1-4-10-18)21-15-20-13-7-8-14-22(20)27(24(21)28)17-19-11-5-2-6-12-19;/h1-15H,16-17H2,(H2,25,26);1H. The number of hydrogen-bond donors (Lipinski definition) is 2. The average molecular weight is 404 g/mol. The fourth-order valence-corrected chi connectivity index (χ4v) is 3.31. The Labute approximate surface area is 175 Å². The van der Waals surface area contributed by atoms with Crippen LogP contribution >= 0.6 is 12.4 Å². The molecule has 3 aromatic carbocycles. The van der Waals surface area contributed by atoms with Gasteiger partial charge in [-0.1, -0.05) is 78.9 Å². The SMILES string of the molecule is Cl.N=C(NCc1ccccc1)c1cc2ccccc2n(Cc2ccccc2)c1=O. The lowest BCUT2D eigenvalue weighted by atomic mass is 10.1. The molecule has 0 aliphatic heterocycles. The van der Waals surface area contributed by atoms with Crippen molar-refractivity contribution >= 4 is 29.1 Å². The molecule has 0 radical (unpaired) electrons. The lowest BCUT2D eigenvalue weighted by molar-refractivity contribution is 0.789. The molecule has 29 heavy (non-hydrogen) atoms. The molecule has 0 saturated heterocycles. The second-order valence-corrected chi connectivity index (χ2v) is 6.71. The predicted octanol–water partition coefficient (Wildman–Crippen LogP) is 4.59. The number of halogens is 1. The zero-order chi connectivity index (χ0) is 19.3. The molecule has 0 spiro atoms. The van der Waals surface area contributed by atoms with Gasteiger partial charge < -0.3 is 9.88 Å². The fraction of sp³-hybridized carbons (Fsp3) is 0.0833. The monoisotopic (exact) mass is 403 g/mol. The first-order valence-electron chi connectivity index (χ1n) is 9.25. The van der Waals surface area contributed by atoms with E-state index < -0.39 is 0 Å². The summed E-state index contributed by atoms with van der Waals surface area (Å²) in [6, 6.07) is 29.4. The molecule has 0 aliphatic carbocycles. The molecule has 0 fully saturated rings. The van der Waals surface area contributed by atoms with E-state index in [4.69, 9.17) is 5.41 Å². The third kappa shape index (κ3) is 4.55. The maximum Gasteiger partial charge on any atom is 0.262 e. The Balaban J connectivity index is 0.00000240. The first-order valence-corrected chi connectivity index (χ1v) is 9.25. The number of aromatic nitrogens is 1. The van der Waals surface area contributed by atoms with E-state index in [1.54, 1.807) is 10.6 Å². The summed E-state index contributed by atoms with van der Waals surface area (Å²) in [7, 11) is 0. The van der Waals surface area contributed by atoms with Gasteiger partial charge in [-0.05, 0) is 28.6 Å². The number of para-hydroxylation sites is 1. The van der Waals surface area contributed by atoms with Crippen LogP contribution in [0.5, 0.6) is 0 Å². The van der Waals surface area contributed by atoms with Gasteiger partial charge in [-0.2, -0.15) is 0 Å². The van der Waals surface area contributed by atoms with Crippen molar-refractivity contribution in [1.82, 2.24) is 9.88 Å². The van der Waals surface area contributed by atoms with Crippen molar-refractivity contribution < 1.29 is 0 Å². The van der Waals surface area contributed by atoms with Crippen LogP contribution in [0.15, 0.2) is 95.8 Å². The Morgan fingerprint density at radius 2 is 1.41 bits per heavy atom. The van der Waals surface area contributed by atoms with E-state index >= 15 is 0 Å². The number of nitrogens with one attached hydrogen (secondary N) is 2. The Kier molecular flexibility index (Phi) is 6.47. The summed E-state index contributed by atoms with van der Waals surface area (Å²) in [6.45, 7) is 0.977. The molecule has 2 N–H and O–H groups in total. The van der Waals surface area contributed by atoms with Gasteiger partial charge in [0, 0.05) is 6.54 Å². The van der Waals surface area contributed by atoms with Crippen LogP contribution in [0.4, 0.5) is 0 Å². The summed E-state index contributed by atoms with van der Waals surface area (Å²) >= 11 is 0. The number of benzene rings is 3. The topological polar surface area (TPSA) is 57.9 Å². The molecule has 4 nitrogen and oxygen atoms in total. The Hall–Kier alpha value is -3.37. The molecule has 1 aromatic heterocycles. The minimum Gasteiger partial charge on any atom is -0.366 e. The van der Waals surface area contributed by atoms with Crippen LogP contribution in [-0.2, 0) is 13.1 Å². The third-order valence-electron chi connectivity index (χ3n) is 4.77. The van der Waals surface area contributed by atoms with E-state index in [9.17, 15) is 4.79 Å². The van der Waals surface area contributed by atoms with Crippen molar-refractivity contribution in [1.29, 1.82) is 5.41 Å². The van der Waals surface area contributed by atoms with Crippen LogP contribution in [0.25, 0.3) is 10.9 Å². The van der Waals surface area contributed by atoms with Gasteiger partial charge in [0.05, 0.1) is 17.6 Å². The number of rotatable bonds is 5. The lowest BCUT2D eigenvalue weighted by Crippen LogP contribution is -2.33. The molecular formula is C24H22ClN3O. The number of amidine groups is 1. The van der Waals surface area contributed by atoms with Crippen molar-refractivity contribution in [2.75, 3.05) is 0 Å². The summed E-state index contributed by atoms with van der Waals surface area (Å²) in [4.78, 5) is 13.2. The van der Waals surface area contributed by atoms with Gasteiger partial charge in [0.1, 0.15) is 5.84 Å². The van der Waals surface area contributed by atoms with Gasteiger partial charge >= 0.3 is 0 Å². The molecule has 146 valence electrons. The summed E-state index contributed by atoms with van der Waals surface area (Å²) in [5.74, 6) is 0.140. The van der Waals surface area contributed by atoms with Crippen molar-refractivity contribution in [3.05, 3.63) is 118 Å². The van der Waals surface area contributed by atoms with Gasteiger partial charge in [-0.3, -0.25) is 10.2 Å². The molecule has 4 aromatic rings. The number of hydrogen-bond acceptors (Lipinski definition) is 2. The van der Waals surface area contributed by atoms with Crippen LogP contribution in [0.2, 0.25) is 0 Å². The molecule has 0 bridgehead atoms. The van der Waals surface area contributed by atoms with Crippen LogP contribution in [0.3, 0.4) is 0 Å². The smallest absolute Gasteiger partial charge is 0.262 e. The fourth-order valence-electron chi connectivity index (χ4n) is 3.31. The minimum atomic E-state index is -0.159. The zero-order valence-electron chi connectivity index (χ0n) is 15.8. The molecule has 0 amide bonds. The first-order chi connectivity index (χ1) is 13.7. The normalized spacial score (nSPS) is 10.3. The number of fused-ring (bicyclic) bond motifs is 1. The van der Waals surface area contributed by atoms with Crippen LogP contribution in [0.1, 0.15) is 16.7 Å². The summed E-state index contributed by atoms with van der Waals surface area (Å²) in [6.07, 6.45) is 0. The van der Waals surface area contributed by atoms with E-state index in [0.717, 1.165) is 22.0 Å². The van der Waals surface area contributed by atoms with Crippen molar-refractivity contribution in [3.8, 4) is 0 Å². The highest BCUT2D eigenvalue weighted by Crippen LogP contribution is 2.15. The van der Waals surface area contributed by atoms with Gasteiger partial charge in [0.2, 0.25) is 0 Å².